The van der Waals surface area contributed by atoms with Gasteiger partial charge in [-0.15, -0.1) is 0 Å². The minimum Gasteiger partial charge on any atom is -0.481 e. The second-order valence-electron chi connectivity index (χ2n) is 19.4. The molecule has 1 aromatic heterocycles. The standard InChI is InChI=1S/C42H63N3O6/c1-25(2)34-28(46)20-42(31(47)23-44-22-26-14-19-43-24-45-26)18-17-40(8)27(35(34)42)10-11-30-39(7)15-13-32(51-33(48)21-37(3,4)36(49)50)38(5,6)29(39)12-16-41(30,40)9/h14,19,24-25,27,29-32,44,47H,10-13,15-18,20-23H2,1-9H3,(H,49,50)/t27-,29-,30-,31+,32+,39+,40-,41-,42+/m1/s1. The predicted octanol–water partition coefficient (Wildman–Crippen LogP) is 7.32. The molecule has 9 heteroatoms. The number of ketones is 1. The van der Waals surface area contributed by atoms with Crippen molar-refractivity contribution >= 4 is 17.7 Å². The Morgan fingerprint density at radius 2 is 1.73 bits per heavy atom. The predicted molar refractivity (Wildman–Crippen MR) is 195 cm³/mol. The van der Waals surface area contributed by atoms with Crippen molar-refractivity contribution in [2.45, 2.75) is 145 Å². The zero-order valence-corrected chi connectivity index (χ0v) is 32.6. The molecule has 5 aliphatic carbocycles. The molecule has 6 rings (SSSR count). The maximum atomic E-state index is 14.0. The molecule has 4 fully saturated rings. The SMILES string of the molecule is CC(C)C1=C2[C@H]3CC[C@@H]4[C@@]5(C)CC[C@H](OC(=O)CC(C)(C)C(=O)O)C(C)(C)[C@H]5CC[C@@]4(C)[C@]3(C)CC[C@@]2([C@@H](O)CNCc2ccncn2)CC1=O. The van der Waals surface area contributed by atoms with E-state index in [9.17, 15) is 24.6 Å². The molecule has 9 atom stereocenters. The van der Waals surface area contributed by atoms with Crippen LogP contribution in [0.2, 0.25) is 0 Å². The number of aliphatic carboxylic acids is 1. The summed E-state index contributed by atoms with van der Waals surface area (Å²) in [6.45, 7) is 20.5. The third-order valence-corrected chi connectivity index (χ3v) is 15.8. The summed E-state index contributed by atoms with van der Waals surface area (Å²) in [6.07, 6.45) is 10.4. The summed E-state index contributed by atoms with van der Waals surface area (Å²) in [5.74, 6) is 0.0184. The van der Waals surface area contributed by atoms with Crippen LogP contribution in [0.25, 0.3) is 0 Å². The van der Waals surface area contributed by atoms with E-state index in [0.717, 1.165) is 62.6 Å². The van der Waals surface area contributed by atoms with Crippen molar-refractivity contribution < 1.29 is 29.3 Å². The Kier molecular flexibility index (Phi) is 9.73. The molecule has 0 spiro atoms. The number of aliphatic hydroxyl groups excluding tert-OH is 1. The Hall–Kier alpha value is -2.65. The number of carbonyl (C=O) groups is 3. The van der Waals surface area contributed by atoms with Crippen LogP contribution < -0.4 is 5.32 Å². The summed E-state index contributed by atoms with van der Waals surface area (Å²) in [6, 6.07) is 1.88. The van der Waals surface area contributed by atoms with Gasteiger partial charge in [0.1, 0.15) is 12.4 Å². The molecule has 3 N–H and O–H groups in total. The fraction of sp³-hybridized carbons (Fsp3) is 0.786. The van der Waals surface area contributed by atoms with E-state index in [1.807, 2.05) is 6.07 Å². The van der Waals surface area contributed by atoms with Crippen molar-refractivity contribution in [1.82, 2.24) is 15.3 Å². The van der Waals surface area contributed by atoms with Crippen molar-refractivity contribution in [2.75, 3.05) is 6.54 Å². The molecule has 4 saturated carbocycles. The van der Waals surface area contributed by atoms with Gasteiger partial charge in [0, 0.05) is 36.5 Å². The first-order valence-corrected chi connectivity index (χ1v) is 19.6. The number of carboxylic acids is 1. The first kappa shape index (κ1) is 38.1. The van der Waals surface area contributed by atoms with Gasteiger partial charge in [-0.25, -0.2) is 9.97 Å². The Balaban J connectivity index is 1.26. The lowest BCUT2D eigenvalue weighted by Gasteiger charge is -2.72. The number of hydrogen-bond donors (Lipinski definition) is 3. The van der Waals surface area contributed by atoms with E-state index in [2.05, 4.69) is 63.8 Å². The number of fused-ring (bicyclic) bond motifs is 7. The number of nitrogens with zero attached hydrogens (tertiary/aromatic N) is 2. The van der Waals surface area contributed by atoms with Gasteiger partial charge in [-0.1, -0.05) is 54.0 Å². The van der Waals surface area contributed by atoms with Crippen LogP contribution in [0.4, 0.5) is 0 Å². The number of hydrogen-bond acceptors (Lipinski definition) is 8. The van der Waals surface area contributed by atoms with Crippen molar-refractivity contribution in [3.8, 4) is 0 Å². The fourth-order valence-electron chi connectivity index (χ4n) is 12.9. The third kappa shape index (κ3) is 5.91. The monoisotopic (exact) mass is 705 g/mol. The number of nitrogens with one attached hydrogen (secondary N) is 1. The van der Waals surface area contributed by atoms with Crippen LogP contribution in [-0.4, -0.2) is 56.7 Å². The summed E-state index contributed by atoms with van der Waals surface area (Å²) in [4.78, 5) is 47.1. The molecule has 0 aliphatic heterocycles. The second-order valence-corrected chi connectivity index (χ2v) is 19.4. The van der Waals surface area contributed by atoms with Gasteiger partial charge in [-0.2, -0.15) is 0 Å². The normalized spacial score (nSPS) is 38.0. The molecular weight excluding hydrogens is 642 g/mol. The van der Waals surface area contributed by atoms with Crippen molar-refractivity contribution in [1.29, 1.82) is 0 Å². The van der Waals surface area contributed by atoms with Crippen molar-refractivity contribution in [2.24, 2.45) is 56.2 Å². The molecule has 51 heavy (non-hydrogen) atoms. The Bertz CT molecular complexity index is 1570. The van der Waals surface area contributed by atoms with Crippen molar-refractivity contribution in [3.63, 3.8) is 0 Å². The number of rotatable bonds is 10. The molecule has 282 valence electrons. The summed E-state index contributed by atoms with van der Waals surface area (Å²) >= 11 is 0. The lowest BCUT2D eigenvalue weighted by Crippen LogP contribution is -2.66. The number of aliphatic hydroxyl groups is 1. The maximum absolute atomic E-state index is 14.0. The number of carboxylic acid groups (broad SMARTS) is 1. The minimum absolute atomic E-state index is 0.0164. The number of ether oxygens (including phenoxy) is 1. The molecule has 0 saturated heterocycles. The van der Waals surface area contributed by atoms with E-state index >= 15 is 0 Å². The van der Waals surface area contributed by atoms with Gasteiger partial charge in [0.05, 0.1) is 23.6 Å². The largest absolute Gasteiger partial charge is 0.481 e. The first-order chi connectivity index (χ1) is 23.7. The van der Waals surface area contributed by atoms with Gasteiger partial charge in [0.25, 0.3) is 0 Å². The zero-order chi connectivity index (χ0) is 37.4. The zero-order valence-electron chi connectivity index (χ0n) is 32.6. The molecule has 1 aromatic rings. The molecule has 0 aromatic carbocycles. The Morgan fingerprint density at radius 3 is 2.37 bits per heavy atom. The summed E-state index contributed by atoms with van der Waals surface area (Å²) < 4.78 is 6.16. The summed E-state index contributed by atoms with van der Waals surface area (Å²) in [5, 5.41) is 25.1. The van der Waals surface area contributed by atoms with Crippen LogP contribution in [-0.2, 0) is 25.7 Å². The summed E-state index contributed by atoms with van der Waals surface area (Å²) in [7, 11) is 0. The van der Waals surface area contributed by atoms with Gasteiger partial charge in [0.15, 0.2) is 5.78 Å². The molecule has 0 bridgehead atoms. The maximum Gasteiger partial charge on any atom is 0.309 e. The van der Waals surface area contributed by atoms with E-state index in [1.165, 1.54) is 11.9 Å². The topological polar surface area (TPSA) is 139 Å². The third-order valence-electron chi connectivity index (χ3n) is 15.8. The molecule has 9 nitrogen and oxygen atoms in total. The van der Waals surface area contributed by atoms with E-state index in [4.69, 9.17) is 4.74 Å². The summed E-state index contributed by atoms with van der Waals surface area (Å²) in [5.41, 5.74) is 1.28. The van der Waals surface area contributed by atoms with Gasteiger partial charge in [-0.05, 0) is 117 Å². The average Bonchev–Trinajstić information content (AvgIpc) is 3.36. The fourth-order valence-corrected chi connectivity index (χ4v) is 12.9. The van der Waals surface area contributed by atoms with Gasteiger partial charge in [0.2, 0.25) is 0 Å². The van der Waals surface area contributed by atoms with Crippen LogP contribution in [0.1, 0.15) is 132 Å². The quantitative estimate of drug-likeness (QED) is 0.214. The van der Waals surface area contributed by atoms with Crippen LogP contribution in [0.3, 0.4) is 0 Å². The average molecular weight is 706 g/mol. The minimum atomic E-state index is -1.17. The highest BCUT2D eigenvalue weighted by atomic mass is 16.5. The van der Waals surface area contributed by atoms with E-state index in [-0.39, 0.29) is 51.8 Å². The lowest BCUT2D eigenvalue weighted by molar-refractivity contribution is -0.235. The highest BCUT2D eigenvalue weighted by Crippen LogP contribution is 2.77. The lowest BCUT2D eigenvalue weighted by atomic mass is 9.33. The molecule has 1 heterocycles. The van der Waals surface area contributed by atoms with Crippen LogP contribution in [0.15, 0.2) is 29.7 Å². The number of carbonyl (C=O) groups excluding carboxylic acids is 2. The second kappa shape index (κ2) is 13.0. The molecular formula is C42H63N3O6. The number of esters is 1. The van der Waals surface area contributed by atoms with Crippen LogP contribution in [0, 0.1) is 56.2 Å². The van der Waals surface area contributed by atoms with Crippen LogP contribution in [0.5, 0.6) is 0 Å². The first-order valence-electron chi connectivity index (χ1n) is 19.6. The van der Waals surface area contributed by atoms with E-state index in [1.54, 1.807) is 20.0 Å². The molecule has 0 amide bonds. The smallest absolute Gasteiger partial charge is 0.309 e. The number of allylic oxidation sites excluding steroid dienone is 1. The van der Waals surface area contributed by atoms with E-state index in [0.29, 0.717) is 31.3 Å². The van der Waals surface area contributed by atoms with Gasteiger partial charge in [-0.3, -0.25) is 14.4 Å². The van der Waals surface area contributed by atoms with Gasteiger partial charge >= 0.3 is 11.9 Å². The number of Topliss-reactive ketones (excluding diaryl/α,β-unsaturated/α-hetero) is 1. The van der Waals surface area contributed by atoms with Crippen LogP contribution >= 0.6 is 0 Å². The van der Waals surface area contributed by atoms with E-state index < -0.39 is 28.9 Å². The highest BCUT2D eigenvalue weighted by molar-refractivity contribution is 6.00. The molecule has 0 radical (unpaired) electrons. The Labute approximate surface area is 305 Å². The Morgan fingerprint density at radius 1 is 1.00 bits per heavy atom. The van der Waals surface area contributed by atoms with Gasteiger partial charge < -0.3 is 20.3 Å². The molecule has 0 unspecified atom stereocenters. The number of aromatic nitrogens is 2. The highest BCUT2D eigenvalue weighted by Gasteiger charge is 2.70. The molecule has 5 aliphatic rings. The van der Waals surface area contributed by atoms with Crippen molar-refractivity contribution in [3.05, 3.63) is 35.4 Å².